The molecule has 1 heterocycles. The number of hydrogen-bond donors (Lipinski definition) is 2. The third-order valence-corrected chi connectivity index (χ3v) is 3.42. The number of aliphatic imine (C=N–C) groups is 1. The number of rotatable bonds is 8. The molecule has 0 saturated heterocycles. The summed E-state index contributed by atoms with van der Waals surface area (Å²) in [7, 11) is 1.55. The van der Waals surface area contributed by atoms with Crippen molar-refractivity contribution >= 4 is 29.9 Å². The largest absolute Gasteiger partial charge is 0.469 e. The molecule has 0 atom stereocenters. The molecule has 0 spiro atoms. The Morgan fingerprint density at radius 2 is 2.12 bits per heavy atom. The van der Waals surface area contributed by atoms with Gasteiger partial charge < -0.3 is 19.8 Å². The van der Waals surface area contributed by atoms with E-state index in [9.17, 15) is 4.39 Å². The molecule has 1 aromatic carbocycles. The van der Waals surface area contributed by atoms with Crippen LogP contribution in [0.2, 0.25) is 0 Å². The first-order valence-electron chi connectivity index (χ1n) is 8.03. The van der Waals surface area contributed by atoms with E-state index in [2.05, 4.69) is 15.6 Å². The predicted molar refractivity (Wildman–Crippen MR) is 108 cm³/mol. The lowest BCUT2D eigenvalue weighted by molar-refractivity contribution is 0.181. The van der Waals surface area contributed by atoms with E-state index in [4.69, 9.17) is 9.15 Å². The van der Waals surface area contributed by atoms with Crippen molar-refractivity contribution in [1.82, 2.24) is 10.6 Å². The second-order valence-electron chi connectivity index (χ2n) is 5.31. The molecule has 25 heavy (non-hydrogen) atoms. The number of nitrogens with one attached hydrogen (secondary N) is 2. The summed E-state index contributed by atoms with van der Waals surface area (Å²) in [6, 6.07) is 8.80. The molecule has 5 nitrogen and oxygen atoms in total. The fourth-order valence-electron chi connectivity index (χ4n) is 2.26. The van der Waals surface area contributed by atoms with E-state index >= 15 is 0 Å². The maximum atomic E-state index is 13.6. The quantitative estimate of drug-likeness (QED) is 0.359. The number of ether oxygens (including phenoxy) is 1. The van der Waals surface area contributed by atoms with Crippen LogP contribution in [0.25, 0.3) is 0 Å². The monoisotopic (exact) mass is 461 g/mol. The van der Waals surface area contributed by atoms with Crippen LogP contribution >= 0.6 is 24.0 Å². The van der Waals surface area contributed by atoms with Gasteiger partial charge in [-0.1, -0.05) is 6.07 Å². The van der Waals surface area contributed by atoms with Crippen LogP contribution in [0.3, 0.4) is 0 Å². The molecule has 7 heteroatoms. The minimum absolute atomic E-state index is 0. The summed E-state index contributed by atoms with van der Waals surface area (Å²) in [5.41, 5.74) is 1.48. The number of benzene rings is 1. The fourth-order valence-corrected chi connectivity index (χ4v) is 2.26. The SMILES string of the molecule is CCNC(=NCc1ccc(F)c(COC)c1)NCCc1ccco1.I. The average molecular weight is 461 g/mol. The minimum Gasteiger partial charge on any atom is -0.469 e. The Kier molecular flexibility index (Phi) is 10.2. The van der Waals surface area contributed by atoms with Gasteiger partial charge in [0.2, 0.25) is 0 Å². The number of halogens is 2. The Bertz CT molecular complexity index is 648. The van der Waals surface area contributed by atoms with E-state index in [1.165, 1.54) is 6.07 Å². The van der Waals surface area contributed by atoms with Crippen molar-refractivity contribution in [1.29, 1.82) is 0 Å². The predicted octanol–water partition coefficient (Wildman–Crippen LogP) is 3.48. The topological polar surface area (TPSA) is 58.8 Å². The number of methoxy groups -OCH3 is 1. The second-order valence-corrected chi connectivity index (χ2v) is 5.31. The highest BCUT2D eigenvalue weighted by Crippen LogP contribution is 2.12. The van der Waals surface area contributed by atoms with Gasteiger partial charge in [-0.25, -0.2) is 9.38 Å². The van der Waals surface area contributed by atoms with Gasteiger partial charge in [-0.15, -0.1) is 24.0 Å². The average Bonchev–Trinajstić information content (AvgIpc) is 3.09. The lowest BCUT2D eigenvalue weighted by atomic mass is 10.1. The van der Waals surface area contributed by atoms with Gasteiger partial charge in [-0.2, -0.15) is 0 Å². The summed E-state index contributed by atoms with van der Waals surface area (Å²) in [6.45, 7) is 4.22. The molecular weight excluding hydrogens is 436 g/mol. The molecule has 138 valence electrons. The van der Waals surface area contributed by atoms with E-state index < -0.39 is 0 Å². The Labute approximate surface area is 165 Å². The summed E-state index contributed by atoms with van der Waals surface area (Å²) in [5, 5.41) is 6.45. The van der Waals surface area contributed by atoms with Crippen molar-refractivity contribution in [3.05, 3.63) is 59.3 Å². The minimum atomic E-state index is -0.256. The smallest absolute Gasteiger partial charge is 0.191 e. The lowest BCUT2D eigenvalue weighted by Crippen LogP contribution is -2.38. The van der Waals surface area contributed by atoms with E-state index in [1.54, 1.807) is 25.5 Å². The Morgan fingerprint density at radius 3 is 2.80 bits per heavy atom. The molecule has 0 saturated carbocycles. The van der Waals surface area contributed by atoms with Crippen LogP contribution in [-0.4, -0.2) is 26.2 Å². The summed E-state index contributed by atoms with van der Waals surface area (Å²) in [4.78, 5) is 4.53. The van der Waals surface area contributed by atoms with Gasteiger partial charge in [0, 0.05) is 32.2 Å². The van der Waals surface area contributed by atoms with Crippen LogP contribution in [-0.2, 0) is 24.3 Å². The van der Waals surface area contributed by atoms with Gasteiger partial charge in [-0.3, -0.25) is 0 Å². The van der Waals surface area contributed by atoms with Crippen molar-refractivity contribution in [2.75, 3.05) is 20.2 Å². The summed E-state index contributed by atoms with van der Waals surface area (Å²) in [6.07, 6.45) is 2.45. The number of hydrogen-bond acceptors (Lipinski definition) is 3. The fraction of sp³-hybridized carbons (Fsp3) is 0.389. The van der Waals surface area contributed by atoms with Crippen LogP contribution in [0.5, 0.6) is 0 Å². The molecule has 0 unspecified atom stereocenters. The molecule has 0 amide bonds. The first-order chi connectivity index (χ1) is 11.7. The van der Waals surface area contributed by atoms with E-state index in [0.717, 1.165) is 36.8 Å². The van der Waals surface area contributed by atoms with Crippen molar-refractivity contribution in [2.24, 2.45) is 4.99 Å². The molecule has 0 aliphatic heterocycles. The number of nitrogens with zero attached hydrogens (tertiary/aromatic N) is 1. The normalized spacial score (nSPS) is 11.1. The Balaban J connectivity index is 0.00000312. The van der Waals surface area contributed by atoms with E-state index in [0.29, 0.717) is 12.1 Å². The first-order valence-corrected chi connectivity index (χ1v) is 8.03. The van der Waals surface area contributed by atoms with Crippen LogP contribution in [0, 0.1) is 5.82 Å². The maximum absolute atomic E-state index is 13.6. The van der Waals surface area contributed by atoms with Crippen molar-refractivity contribution in [2.45, 2.75) is 26.5 Å². The van der Waals surface area contributed by atoms with Crippen molar-refractivity contribution < 1.29 is 13.5 Å². The molecule has 0 radical (unpaired) electrons. The van der Waals surface area contributed by atoms with Gasteiger partial charge in [0.05, 0.1) is 19.4 Å². The summed E-state index contributed by atoms with van der Waals surface area (Å²) >= 11 is 0. The van der Waals surface area contributed by atoms with Crippen molar-refractivity contribution in [3.63, 3.8) is 0 Å². The molecule has 2 aromatic rings. The van der Waals surface area contributed by atoms with E-state index in [1.807, 2.05) is 19.1 Å². The molecule has 0 aliphatic rings. The molecule has 2 rings (SSSR count). The third kappa shape index (κ3) is 7.43. The highest BCUT2D eigenvalue weighted by atomic mass is 127. The summed E-state index contributed by atoms with van der Waals surface area (Å²) in [5.74, 6) is 1.40. The third-order valence-electron chi connectivity index (χ3n) is 3.42. The van der Waals surface area contributed by atoms with Crippen LogP contribution in [0.15, 0.2) is 46.0 Å². The maximum Gasteiger partial charge on any atom is 0.191 e. The van der Waals surface area contributed by atoms with E-state index in [-0.39, 0.29) is 36.4 Å². The van der Waals surface area contributed by atoms with Gasteiger partial charge in [0.15, 0.2) is 5.96 Å². The molecule has 2 N–H and O–H groups in total. The number of guanidine groups is 1. The highest BCUT2D eigenvalue weighted by Gasteiger charge is 2.04. The Morgan fingerprint density at radius 1 is 1.28 bits per heavy atom. The van der Waals surface area contributed by atoms with Gasteiger partial charge in [-0.05, 0) is 36.8 Å². The molecule has 0 fully saturated rings. The standard InChI is InChI=1S/C18H24FN3O2.HI/c1-3-20-18(21-9-8-16-5-4-10-24-16)22-12-14-6-7-17(19)15(11-14)13-23-2;/h4-7,10-11H,3,8-9,12-13H2,1-2H3,(H2,20,21,22);1H. The zero-order chi connectivity index (χ0) is 17.2. The molecular formula is C18H25FIN3O2. The molecule has 1 aromatic heterocycles. The summed E-state index contributed by atoms with van der Waals surface area (Å²) < 4.78 is 23.9. The van der Waals surface area contributed by atoms with Crippen LogP contribution in [0.4, 0.5) is 4.39 Å². The van der Waals surface area contributed by atoms with Crippen LogP contribution < -0.4 is 10.6 Å². The first kappa shape index (κ1) is 21.4. The second kappa shape index (κ2) is 11.9. The van der Waals surface area contributed by atoms with Gasteiger partial charge >= 0.3 is 0 Å². The number of furan rings is 1. The zero-order valence-corrected chi connectivity index (χ0v) is 16.9. The Hall–Kier alpha value is -1.61. The van der Waals surface area contributed by atoms with Crippen LogP contribution in [0.1, 0.15) is 23.8 Å². The molecule has 0 bridgehead atoms. The van der Waals surface area contributed by atoms with Gasteiger partial charge in [0.25, 0.3) is 0 Å². The zero-order valence-electron chi connectivity index (χ0n) is 14.5. The van der Waals surface area contributed by atoms with Crippen molar-refractivity contribution in [3.8, 4) is 0 Å². The van der Waals surface area contributed by atoms with Gasteiger partial charge in [0.1, 0.15) is 11.6 Å². The lowest BCUT2D eigenvalue weighted by Gasteiger charge is -2.11. The highest BCUT2D eigenvalue weighted by molar-refractivity contribution is 14.0. The molecule has 0 aliphatic carbocycles.